The van der Waals surface area contributed by atoms with Gasteiger partial charge in [-0.3, -0.25) is 14.4 Å². The summed E-state index contributed by atoms with van der Waals surface area (Å²) in [5.74, 6) is 1.39. The third-order valence-electron chi connectivity index (χ3n) is 3.29. The van der Waals surface area contributed by atoms with Crippen molar-refractivity contribution in [3.63, 3.8) is 0 Å². The van der Waals surface area contributed by atoms with Crippen molar-refractivity contribution in [3.05, 3.63) is 0 Å². The summed E-state index contributed by atoms with van der Waals surface area (Å²) in [6.07, 6.45) is 5.07. The lowest BCUT2D eigenvalue weighted by Crippen LogP contribution is -2.49. The van der Waals surface area contributed by atoms with E-state index in [1.807, 2.05) is 0 Å². The Bertz CT molecular complexity index is 214. The maximum absolute atomic E-state index is 2.52. The van der Waals surface area contributed by atoms with Gasteiger partial charge in [-0.25, -0.2) is 0 Å². The first-order valence-corrected chi connectivity index (χ1v) is 7.66. The second kappa shape index (κ2) is 10.2. The van der Waals surface area contributed by atoms with Crippen LogP contribution in [0.4, 0.5) is 0 Å². The Morgan fingerprint density at radius 1 is 0.778 bits per heavy atom. The van der Waals surface area contributed by atoms with Crippen molar-refractivity contribution in [1.29, 1.82) is 0 Å². The third-order valence-corrected chi connectivity index (χ3v) is 3.29. The van der Waals surface area contributed by atoms with E-state index in [1.165, 1.54) is 44.7 Å². The number of hydrogen-bond donors (Lipinski definition) is 0. The van der Waals surface area contributed by atoms with Crippen LogP contribution < -0.4 is 0 Å². The first-order chi connectivity index (χ1) is 8.62. The molecule has 0 aliphatic heterocycles. The zero-order chi connectivity index (χ0) is 14.0. The van der Waals surface area contributed by atoms with Crippen LogP contribution in [0.3, 0.4) is 0 Å². The summed E-state index contributed by atoms with van der Waals surface area (Å²) < 4.78 is 2.28. The second-order valence-electron chi connectivity index (χ2n) is 5.06. The number of hydrogen-bond acceptors (Lipinski definition) is 0. The fourth-order valence-electron chi connectivity index (χ4n) is 2.26. The van der Waals surface area contributed by atoms with E-state index in [2.05, 4.69) is 56.2 Å². The molecule has 0 aromatic rings. The van der Waals surface area contributed by atoms with Gasteiger partial charge in [0.25, 0.3) is 0 Å². The molecule has 108 valence electrons. The van der Waals surface area contributed by atoms with Crippen molar-refractivity contribution in [3.8, 4) is 0 Å². The normalized spacial score (nSPS) is 10.3. The van der Waals surface area contributed by atoms with Gasteiger partial charge in [0.2, 0.25) is 0 Å². The van der Waals surface area contributed by atoms with E-state index in [0.717, 1.165) is 13.1 Å². The third kappa shape index (κ3) is 5.74. The molecule has 0 rings (SSSR count). The molecule has 0 saturated heterocycles. The zero-order valence-electron chi connectivity index (χ0n) is 13.5. The molecule has 0 spiro atoms. The van der Waals surface area contributed by atoms with E-state index in [9.17, 15) is 0 Å². The minimum atomic E-state index is 1.09. The molecule has 0 unspecified atom stereocenters. The molecule has 0 atom stereocenters. The summed E-state index contributed by atoms with van der Waals surface area (Å²) in [5.41, 5.74) is 0. The Morgan fingerprint density at radius 2 is 1.17 bits per heavy atom. The van der Waals surface area contributed by atoms with Crippen LogP contribution in [-0.4, -0.2) is 60.6 Å². The lowest BCUT2D eigenvalue weighted by atomic mass is 10.3. The quantitative estimate of drug-likeness (QED) is 0.375. The molecular formula is C15H34N3+. The Morgan fingerprint density at radius 3 is 1.39 bits per heavy atom. The molecule has 0 N–H and O–H groups in total. The molecule has 3 nitrogen and oxygen atoms in total. The van der Waals surface area contributed by atoms with Crippen molar-refractivity contribution in [1.82, 2.24) is 9.80 Å². The van der Waals surface area contributed by atoms with Gasteiger partial charge in [-0.15, -0.1) is 0 Å². The SMILES string of the molecule is CCCCN(CC)C(N(CC)CCCC)=[N+](C)C. The van der Waals surface area contributed by atoms with Gasteiger partial charge in [0.15, 0.2) is 0 Å². The Balaban J connectivity index is 4.84. The maximum Gasteiger partial charge on any atom is 0.350 e. The average molecular weight is 256 g/mol. The molecule has 0 aromatic heterocycles. The highest BCUT2D eigenvalue weighted by Gasteiger charge is 2.24. The van der Waals surface area contributed by atoms with Crippen molar-refractivity contribution in [2.24, 2.45) is 0 Å². The highest BCUT2D eigenvalue weighted by molar-refractivity contribution is 5.75. The van der Waals surface area contributed by atoms with Gasteiger partial charge in [-0.2, -0.15) is 0 Å². The highest BCUT2D eigenvalue weighted by atomic mass is 15.4. The van der Waals surface area contributed by atoms with Crippen LogP contribution in [0, 0.1) is 0 Å². The Kier molecular flexibility index (Phi) is 9.80. The van der Waals surface area contributed by atoms with Crippen LogP contribution in [0.25, 0.3) is 0 Å². The van der Waals surface area contributed by atoms with Crippen LogP contribution >= 0.6 is 0 Å². The zero-order valence-corrected chi connectivity index (χ0v) is 13.5. The highest BCUT2D eigenvalue weighted by Crippen LogP contribution is 2.04. The minimum absolute atomic E-state index is 1.09. The van der Waals surface area contributed by atoms with Gasteiger partial charge >= 0.3 is 5.96 Å². The van der Waals surface area contributed by atoms with Crippen LogP contribution in [0.15, 0.2) is 0 Å². The van der Waals surface area contributed by atoms with E-state index in [-0.39, 0.29) is 0 Å². The predicted octanol–water partition coefficient (Wildman–Crippen LogP) is 2.86. The average Bonchev–Trinajstić information content (AvgIpc) is 2.37. The first kappa shape index (κ1) is 17.3. The van der Waals surface area contributed by atoms with Crippen molar-refractivity contribution in [2.45, 2.75) is 53.4 Å². The van der Waals surface area contributed by atoms with Gasteiger partial charge < -0.3 is 0 Å². The van der Waals surface area contributed by atoms with E-state index >= 15 is 0 Å². The fourth-order valence-corrected chi connectivity index (χ4v) is 2.26. The van der Waals surface area contributed by atoms with E-state index in [4.69, 9.17) is 0 Å². The Hall–Kier alpha value is -0.730. The van der Waals surface area contributed by atoms with Crippen LogP contribution in [0.1, 0.15) is 53.4 Å². The van der Waals surface area contributed by atoms with Crippen LogP contribution in [0.5, 0.6) is 0 Å². The summed E-state index contributed by atoms with van der Waals surface area (Å²) in [6, 6.07) is 0. The molecule has 0 aliphatic rings. The monoisotopic (exact) mass is 256 g/mol. The predicted molar refractivity (Wildman–Crippen MR) is 81.4 cm³/mol. The summed E-state index contributed by atoms with van der Waals surface area (Å²) in [5, 5.41) is 0. The molecule has 0 fully saturated rings. The van der Waals surface area contributed by atoms with Crippen molar-refractivity contribution < 1.29 is 4.58 Å². The Labute approximate surface area is 114 Å². The van der Waals surface area contributed by atoms with E-state index in [1.54, 1.807) is 0 Å². The lowest BCUT2D eigenvalue weighted by molar-refractivity contribution is -0.476. The number of unbranched alkanes of at least 4 members (excludes halogenated alkanes) is 2. The van der Waals surface area contributed by atoms with Crippen LogP contribution in [0.2, 0.25) is 0 Å². The molecule has 0 aromatic carbocycles. The van der Waals surface area contributed by atoms with Crippen LogP contribution in [-0.2, 0) is 0 Å². The van der Waals surface area contributed by atoms with Crippen molar-refractivity contribution in [2.75, 3.05) is 40.3 Å². The summed E-state index contributed by atoms with van der Waals surface area (Å²) in [4.78, 5) is 5.03. The molecule has 18 heavy (non-hydrogen) atoms. The molecular weight excluding hydrogens is 222 g/mol. The smallest absolute Gasteiger partial charge is 0.270 e. The molecule has 0 heterocycles. The largest absolute Gasteiger partial charge is 0.350 e. The van der Waals surface area contributed by atoms with Gasteiger partial charge in [0, 0.05) is 0 Å². The van der Waals surface area contributed by atoms with Gasteiger partial charge in [0.05, 0.1) is 40.3 Å². The topological polar surface area (TPSA) is 9.49 Å². The molecule has 3 heteroatoms. The molecule has 0 radical (unpaired) electrons. The summed E-state index contributed by atoms with van der Waals surface area (Å²) >= 11 is 0. The maximum atomic E-state index is 2.52. The number of nitrogens with zero attached hydrogens (tertiary/aromatic N) is 3. The second-order valence-corrected chi connectivity index (χ2v) is 5.06. The summed E-state index contributed by atoms with van der Waals surface area (Å²) in [7, 11) is 4.33. The molecule has 0 bridgehead atoms. The van der Waals surface area contributed by atoms with E-state index in [0.29, 0.717) is 0 Å². The van der Waals surface area contributed by atoms with Gasteiger partial charge in [-0.05, 0) is 26.7 Å². The van der Waals surface area contributed by atoms with Crippen molar-refractivity contribution >= 4 is 5.96 Å². The standard InChI is InChI=1S/C15H34N3/c1-7-11-13-17(9-3)15(16(5)6)18(10-4)14-12-8-2/h7-14H2,1-6H3/q+1. The minimum Gasteiger partial charge on any atom is -0.270 e. The summed E-state index contributed by atoms with van der Waals surface area (Å²) in [6.45, 7) is 13.6. The molecule has 0 aliphatic carbocycles. The van der Waals surface area contributed by atoms with E-state index < -0.39 is 0 Å². The molecule has 0 amide bonds. The number of rotatable bonds is 8. The van der Waals surface area contributed by atoms with Gasteiger partial charge in [-0.1, -0.05) is 26.7 Å². The number of guanidine groups is 1. The lowest BCUT2D eigenvalue weighted by Gasteiger charge is -2.28. The van der Waals surface area contributed by atoms with Gasteiger partial charge in [0.1, 0.15) is 0 Å². The molecule has 0 saturated carbocycles. The first-order valence-electron chi connectivity index (χ1n) is 7.66. The fraction of sp³-hybridized carbons (Fsp3) is 0.933.